The van der Waals surface area contributed by atoms with Crippen molar-refractivity contribution >= 4 is 21.8 Å². The van der Waals surface area contributed by atoms with E-state index in [-0.39, 0.29) is 10.7 Å². The maximum absolute atomic E-state index is 11.9. The second-order valence-corrected chi connectivity index (χ2v) is 5.92. The van der Waals surface area contributed by atoms with E-state index in [1.54, 1.807) is 0 Å². The summed E-state index contributed by atoms with van der Waals surface area (Å²) in [5.41, 5.74) is 0.907. The summed E-state index contributed by atoms with van der Waals surface area (Å²) in [5, 5.41) is 2.90. The lowest BCUT2D eigenvalue weighted by atomic mass is 10.1. The van der Waals surface area contributed by atoms with Crippen LogP contribution in [0.3, 0.4) is 0 Å². The monoisotopic (exact) mass is 387 g/mol. The van der Waals surface area contributed by atoms with Crippen LogP contribution < -0.4 is 19.5 Å². The Bertz CT molecular complexity index is 480. The van der Waals surface area contributed by atoms with Crippen molar-refractivity contribution in [3.05, 3.63) is 17.7 Å². The van der Waals surface area contributed by atoms with Crippen molar-refractivity contribution < 1.29 is 19.0 Å². The number of amides is 1. The average molecular weight is 388 g/mol. The zero-order valence-electron chi connectivity index (χ0n) is 14.3. The van der Waals surface area contributed by atoms with Gasteiger partial charge >= 0.3 is 0 Å². The Morgan fingerprint density at radius 1 is 1.04 bits per heavy atom. The summed E-state index contributed by atoms with van der Waals surface area (Å²) in [5.74, 6) is 1.85. The molecule has 0 saturated carbocycles. The fourth-order valence-electron chi connectivity index (χ4n) is 2.03. The third-order valence-corrected chi connectivity index (χ3v) is 4.14. The van der Waals surface area contributed by atoms with Crippen LogP contribution in [0.4, 0.5) is 0 Å². The van der Waals surface area contributed by atoms with E-state index >= 15 is 0 Å². The van der Waals surface area contributed by atoms with E-state index in [1.807, 2.05) is 39.8 Å². The lowest BCUT2D eigenvalue weighted by molar-refractivity contribution is -0.120. The van der Waals surface area contributed by atoms with Crippen molar-refractivity contribution in [3.63, 3.8) is 0 Å². The third kappa shape index (κ3) is 5.94. The summed E-state index contributed by atoms with van der Waals surface area (Å²) in [7, 11) is 0. The van der Waals surface area contributed by atoms with Crippen molar-refractivity contribution in [2.45, 2.75) is 45.5 Å². The van der Waals surface area contributed by atoms with Gasteiger partial charge in [-0.05, 0) is 44.9 Å². The van der Waals surface area contributed by atoms with Crippen LogP contribution >= 0.6 is 15.9 Å². The van der Waals surface area contributed by atoms with Crippen molar-refractivity contribution in [1.82, 2.24) is 5.32 Å². The molecule has 130 valence electrons. The number of ether oxygens (including phenoxy) is 3. The number of alkyl halides is 1. The number of carbonyl (C=O) groups is 1. The molecule has 23 heavy (non-hydrogen) atoms. The third-order valence-electron chi connectivity index (χ3n) is 3.08. The fraction of sp³-hybridized carbons (Fsp3) is 0.588. The number of benzene rings is 1. The predicted octanol–water partition coefficient (Wildman–Crippen LogP) is 3.67. The van der Waals surface area contributed by atoms with Gasteiger partial charge in [0.25, 0.3) is 0 Å². The quantitative estimate of drug-likeness (QED) is 0.622. The summed E-state index contributed by atoms with van der Waals surface area (Å²) in [6.07, 6.45) is 0.740. The molecule has 0 aliphatic rings. The van der Waals surface area contributed by atoms with Gasteiger partial charge in [-0.25, -0.2) is 0 Å². The molecule has 1 aromatic carbocycles. The van der Waals surface area contributed by atoms with Gasteiger partial charge in [0.2, 0.25) is 11.7 Å². The Morgan fingerprint density at radius 2 is 1.57 bits per heavy atom. The van der Waals surface area contributed by atoms with E-state index in [2.05, 4.69) is 21.2 Å². The Kier molecular flexibility index (Phi) is 8.84. The van der Waals surface area contributed by atoms with E-state index in [4.69, 9.17) is 14.2 Å². The first-order valence-electron chi connectivity index (χ1n) is 8.04. The second-order valence-electron chi connectivity index (χ2n) is 4.81. The standard InChI is InChI=1S/C17H26BrNO4/c1-5-13(18)17(20)19-11-12-9-14(21-6-2)16(23-8-4)15(10-12)22-7-3/h9-10,13H,5-8,11H2,1-4H3,(H,19,20)/t13-/m1/s1. The Balaban J connectivity index is 3.01. The van der Waals surface area contributed by atoms with E-state index < -0.39 is 0 Å². The zero-order valence-corrected chi connectivity index (χ0v) is 15.9. The second kappa shape index (κ2) is 10.4. The van der Waals surface area contributed by atoms with Crippen LogP contribution in [-0.2, 0) is 11.3 Å². The first-order chi connectivity index (χ1) is 11.1. The van der Waals surface area contributed by atoms with Crippen molar-refractivity contribution in [2.75, 3.05) is 19.8 Å². The van der Waals surface area contributed by atoms with Crippen LogP contribution in [0.1, 0.15) is 39.7 Å². The number of carbonyl (C=O) groups excluding carboxylic acids is 1. The summed E-state index contributed by atoms with van der Waals surface area (Å²) >= 11 is 3.35. The van der Waals surface area contributed by atoms with E-state index in [0.717, 1.165) is 12.0 Å². The molecule has 6 heteroatoms. The molecule has 1 amide bonds. The zero-order chi connectivity index (χ0) is 17.2. The van der Waals surface area contributed by atoms with Crippen LogP contribution in [0, 0.1) is 0 Å². The van der Waals surface area contributed by atoms with Crippen LogP contribution in [0.5, 0.6) is 17.2 Å². The van der Waals surface area contributed by atoms with Gasteiger partial charge in [-0.15, -0.1) is 0 Å². The highest BCUT2D eigenvalue weighted by Gasteiger charge is 2.16. The SMILES string of the molecule is CCOc1cc(CNC(=O)[C@H](Br)CC)cc(OCC)c1OCC. The molecule has 0 aromatic heterocycles. The number of hydrogen-bond donors (Lipinski definition) is 1. The van der Waals surface area contributed by atoms with Gasteiger partial charge in [0, 0.05) is 6.54 Å². The van der Waals surface area contributed by atoms with Crippen molar-refractivity contribution in [2.24, 2.45) is 0 Å². The van der Waals surface area contributed by atoms with Gasteiger partial charge in [-0.2, -0.15) is 0 Å². The fourth-order valence-corrected chi connectivity index (χ4v) is 2.19. The topological polar surface area (TPSA) is 56.8 Å². The van der Waals surface area contributed by atoms with Gasteiger partial charge in [0.1, 0.15) is 0 Å². The van der Waals surface area contributed by atoms with Crippen molar-refractivity contribution in [1.29, 1.82) is 0 Å². The summed E-state index contributed by atoms with van der Waals surface area (Å²) in [6.45, 7) is 9.70. The molecule has 0 radical (unpaired) electrons. The smallest absolute Gasteiger partial charge is 0.234 e. The molecule has 0 saturated heterocycles. The molecule has 0 fully saturated rings. The van der Waals surface area contributed by atoms with Crippen LogP contribution in [0.25, 0.3) is 0 Å². The molecule has 0 spiro atoms. The normalized spacial score (nSPS) is 11.7. The lowest BCUT2D eigenvalue weighted by Gasteiger charge is -2.17. The Morgan fingerprint density at radius 3 is 2.00 bits per heavy atom. The van der Waals surface area contributed by atoms with Crippen LogP contribution in [-0.4, -0.2) is 30.6 Å². The van der Waals surface area contributed by atoms with Gasteiger partial charge in [-0.1, -0.05) is 22.9 Å². The van der Waals surface area contributed by atoms with E-state index in [1.165, 1.54) is 0 Å². The number of hydrogen-bond acceptors (Lipinski definition) is 4. The molecular weight excluding hydrogens is 362 g/mol. The minimum Gasteiger partial charge on any atom is -0.490 e. The lowest BCUT2D eigenvalue weighted by Crippen LogP contribution is -2.30. The first kappa shape index (κ1) is 19.6. The minimum atomic E-state index is -0.178. The van der Waals surface area contributed by atoms with Gasteiger partial charge in [0.05, 0.1) is 24.6 Å². The van der Waals surface area contributed by atoms with Gasteiger partial charge in [-0.3, -0.25) is 4.79 Å². The predicted molar refractivity (Wildman–Crippen MR) is 94.8 cm³/mol. The van der Waals surface area contributed by atoms with Crippen LogP contribution in [0.2, 0.25) is 0 Å². The van der Waals surface area contributed by atoms with Gasteiger partial charge < -0.3 is 19.5 Å². The van der Waals surface area contributed by atoms with Crippen LogP contribution in [0.15, 0.2) is 12.1 Å². The summed E-state index contributed by atoms with van der Waals surface area (Å²) in [6, 6.07) is 3.76. The largest absolute Gasteiger partial charge is 0.490 e. The number of rotatable bonds is 10. The highest BCUT2D eigenvalue weighted by molar-refractivity contribution is 9.10. The molecule has 0 bridgehead atoms. The maximum Gasteiger partial charge on any atom is 0.234 e. The molecule has 1 atom stereocenters. The minimum absolute atomic E-state index is 0.0303. The molecule has 1 aromatic rings. The molecule has 5 nitrogen and oxygen atoms in total. The number of halogens is 1. The molecule has 1 rings (SSSR count). The molecular formula is C17H26BrNO4. The number of nitrogens with one attached hydrogen (secondary N) is 1. The average Bonchev–Trinajstić information content (AvgIpc) is 2.55. The van der Waals surface area contributed by atoms with Crippen molar-refractivity contribution in [3.8, 4) is 17.2 Å². The summed E-state index contributed by atoms with van der Waals surface area (Å²) in [4.78, 5) is 11.7. The van der Waals surface area contributed by atoms with E-state index in [9.17, 15) is 4.79 Å². The Labute approximate surface area is 146 Å². The van der Waals surface area contributed by atoms with E-state index in [0.29, 0.717) is 43.6 Å². The summed E-state index contributed by atoms with van der Waals surface area (Å²) < 4.78 is 17.0. The molecule has 0 aliphatic carbocycles. The highest BCUT2D eigenvalue weighted by Crippen LogP contribution is 2.39. The first-order valence-corrected chi connectivity index (χ1v) is 8.95. The molecule has 1 N–H and O–H groups in total. The molecule has 0 aliphatic heterocycles. The van der Waals surface area contributed by atoms with Gasteiger partial charge in [0.15, 0.2) is 11.5 Å². The molecule has 0 unspecified atom stereocenters. The Hall–Kier alpha value is -1.43. The highest BCUT2D eigenvalue weighted by atomic mass is 79.9. The maximum atomic E-state index is 11.9. The molecule has 0 heterocycles.